The Morgan fingerprint density at radius 1 is 1.52 bits per heavy atom. The number of aromatic nitrogens is 3. The molecule has 10 heteroatoms. The van der Waals surface area contributed by atoms with Gasteiger partial charge in [-0.1, -0.05) is 13.8 Å². The summed E-state index contributed by atoms with van der Waals surface area (Å²) in [5.41, 5.74) is 1.74. The first-order valence-corrected chi connectivity index (χ1v) is 10.5. The van der Waals surface area contributed by atoms with Gasteiger partial charge < -0.3 is 14.5 Å². The summed E-state index contributed by atoms with van der Waals surface area (Å²) in [6.45, 7) is 5.47. The van der Waals surface area contributed by atoms with E-state index in [1.807, 2.05) is 25.8 Å². The molecular weight excluding hydrogens is 360 g/mol. The summed E-state index contributed by atoms with van der Waals surface area (Å²) in [6, 6.07) is 0. The Bertz CT molecular complexity index is 607. The van der Waals surface area contributed by atoms with Gasteiger partial charge in [0, 0.05) is 31.3 Å². The molecule has 2 unspecified atom stereocenters. The highest BCUT2D eigenvalue weighted by atomic mass is 33.1. The summed E-state index contributed by atoms with van der Waals surface area (Å²) in [5.74, 6) is -0.578. The molecule has 2 heterocycles. The monoisotopic (exact) mass is 387 g/mol. The van der Waals surface area contributed by atoms with Gasteiger partial charge in [-0.05, 0) is 22.2 Å². The minimum absolute atomic E-state index is 0.169. The lowest BCUT2D eigenvalue weighted by molar-refractivity contribution is -0.759. The van der Waals surface area contributed by atoms with Crippen LogP contribution >= 0.6 is 21.6 Å². The van der Waals surface area contributed by atoms with E-state index >= 15 is 0 Å². The maximum Gasteiger partial charge on any atom is 0.324 e. The molecule has 0 bridgehead atoms. The first-order valence-electron chi connectivity index (χ1n) is 8.27. The molecule has 1 aliphatic heterocycles. The molecule has 0 spiro atoms. The van der Waals surface area contributed by atoms with Gasteiger partial charge in [0.1, 0.15) is 19.9 Å². The minimum Gasteiger partial charge on any atom is -0.345 e. The number of nitrogens with zero attached hydrogens (tertiary/aromatic N) is 6. The van der Waals surface area contributed by atoms with E-state index in [2.05, 4.69) is 33.6 Å². The van der Waals surface area contributed by atoms with Crippen molar-refractivity contribution in [1.82, 2.24) is 14.7 Å². The minimum atomic E-state index is -0.578. The van der Waals surface area contributed by atoms with E-state index in [1.54, 1.807) is 16.9 Å². The average molecular weight is 388 g/mol. The first-order chi connectivity index (χ1) is 12.0. The van der Waals surface area contributed by atoms with Crippen LogP contribution in [0.1, 0.15) is 26.7 Å². The number of hydrogen-bond acceptors (Lipinski definition) is 7. The van der Waals surface area contributed by atoms with E-state index in [4.69, 9.17) is 9.47 Å². The Hall–Kier alpha value is -1.10. The fourth-order valence-corrected chi connectivity index (χ4v) is 3.84. The molecule has 0 aliphatic carbocycles. The van der Waals surface area contributed by atoms with Crippen molar-refractivity contribution in [2.75, 3.05) is 20.7 Å². The summed E-state index contributed by atoms with van der Waals surface area (Å²) in [5, 5.41) is 6.59. The molecule has 1 fully saturated rings. The third-order valence-corrected chi connectivity index (χ3v) is 5.57. The third-order valence-electron chi connectivity index (χ3n) is 3.81. The number of ether oxygens (including phenoxy) is 2. The molecule has 140 valence electrons. The fraction of sp³-hybridized carbons (Fsp3) is 0.733. The second-order valence-corrected chi connectivity index (χ2v) is 7.91. The van der Waals surface area contributed by atoms with Gasteiger partial charge in [-0.25, -0.2) is 4.99 Å². The van der Waals surface area contributed by atoms with Gasteiger partial charge in [-0.15, -0.1) is 0 Å². The number of aryl methyl sites for hydroxylation is 1. The van der Waals surface area contributed by atoms with E-state index in [-0.39, 0.29) is 6.10 Å². The van der Waals surface area contributed by atoms with Crippen LogP contribution in [0.3, 0.4) is 0 Å². The van der Waals surface area contributed by atoms with Crippen LogP contribution in [0.25, 0.3) is 0 Å². The normalized spacial score (nSPS) is 24.0. The molecule has 2 atom stereocenters. The highest BCUT2D eigenvalue weighted by Crippen LogP contribution is 2.32. The SMILES string of the molecule is CCC1COC(CC)(Cn2c(SSC=NC=NN(C)C)nc[n+]2C)O1. The summed E-state index contributed by atoms with van der Waals surface area (Å²) >= 11 is 0. The molecule has 0 radical (unpaired) electrons. The van der Waals surface area contributed by atoms with Crippen molar-refractivity contribution in [3.05, 3.63) is 6.33 Å². The molecular formula is C15H27N6O2S2+. The molecule has 1 aromatic heterocycles. The number of aliphatic imine (C=N–C) groups is 1. The van der Waals surface area contributed by atoms with Crippen LogP contribution in [0, 0.1) is 0 Å². The molecule has 1 saturated heterocycles. The largest absolute Gasteiger partial charge is 0.345 e. The van der Waals surface area contributed by atoms with Gasteiger partial charge in [-0.2, -0.15) is 14.5 Å². The van der Waals surface area contributed by atoms with Crippen LogP contribution in [0.5, 0.6) is 0 Å². The molecule has 1 aliphatic rings. The van der Waals surface area contributed by atoms with E-state index in [1.165, 1.54) is 27.9 Å². The Morgan fingerprint density at radius 2 is 2.32 bits per heavy atom. The summed E-state index contributed by atoms with van der Waals surface area (Å²) in [6.07, 6.45) is 5.23. The van der Waals surface area contributed by atoms with Crippen LogP contribution in [-0.2, 0) is 23.1 Å². The number of hydrazone groups is 1. The zero-order valence-electron chi connectivity index (χ0n) is 15.5. The van der Waals surface area contributed by atoms with Crippen LogP contribution in [0.2, 0.25) is 0 Å². The highest BCUT2D eigenvalue weighted by molar-refractivity contribution is 8.81. The maximum absolute atomic E-state index is 6.16. The molecule has 8 nitrogen and oxygen atoms in total. The smallest absolute Gasteiger partial charge is 0.324 e. The Kier molecular flexibility index (Phi) is 7.73. The van der Waals surface area contributed by atoms with Crippen LogP contribution in [0.4, 0.5) is 0 Å². The summed E-state index contributed by atoms with van der Waals surface area (Å²) in [4.78, 5) is 8.57. The third kappa shape index (κ3) is 5.70. The Morgan fingerprint density at radius 3 is 2.96 bits per heavy atom. The molecule has 2 rings (SSSR count). The van der Waals surface area contributed by atoms with E-state index in [0.29, 0.717) is 13.2 Å². The van der Waals surface area contributed by atoms with E-state index in [9.17, 15) is 0 Å². The van der Waals surface area contributed by atoms with Crippen molar-refractivity contribution in [3.8, 4) is 0 Å². The lowest BCUT2D eigenvalue weighted by Gasteiger charge is -2.26. The fourth-order valence-electron chi connectivity index (χ4n) is 2.32. The predicted octanol–water partition coefficient (Wildman–Crippen LogP) is 1.91. The molecule has 0 amide bonds. The van der Waals surface area contributed by atoms with Gasteiger partial charge >= 0.3 is 11.5 Å². The second kappa shape index (κ2) is 9.56. The van der Waals surface area contributed by atoms with Crippen LogP contribution < -0.4 is 4.68 Å². The molecule has 0 aromatic carbocycles. The molecule has 25 heavy (non-hydrogen) atoms. The standard InChI is InChI=1S/C15H27N6O2S2/c1-6-13-8-22-15(7-2,23-13)9-21-14(17-11-20(21)5)25-24-12-16-10-18-19(3)4/h10-13H,6-9H2,1-5H3/q+1. The lowest BCUT2D eigenvalue weighted by atomic mass is 10.2. The predicted molar refractivity (Wildman–Crippen MR) is 102 cm³/mol. The van der Waals surface area contributed by atoms with Crippen molar-refractivity contribution in [2.45, 2.75) is 50.3 Å². The van der Waals surface area contributed by atoms with Crippen LogP contribution in [-0.4, -0.2) is 59.2 Å². The maximum atomic E-state index is 6.16. The molecule has 0 N–H and O–H groups in total. The van der Waals surface area contributed by atoms with Gasteiger partial charge in [0.2, 0.25) is 0 Å². The second-order valence-electron chi connectivity index (χ2n) is 5.89. The van der Waals surface area contributed by atoms with Crippen molar-refractivity contribution in [1.29, 1.82) is 0 Å². The number of hydrogen-bond donors (Lipinski definition) is 0. The van der Waals surface area contributed by atoms with Gasteiger partial charge in [0.15, 0.2) is 5.79 Å². The van der Waals surface area contributed by atoms with Crippen LogP contribution in [0.15, 0.2) is 21.6 Å². The topological polar surface area (TPSA) is 68.1 Å². The van der Waals surface area contributed by atoms with Gasteiger partial charge in [0.05, 0.1) is 18.3 Å². The zero-order chi connectivity index (χ0) is 18.3. The van der Waals surface area contributed by atoms with Gasteiger partial charge in [-0.3, -0.25) is 0 Å². The van der Waals surface area contributed by atoms with E-state index in [0.717, 1.165) is 18.0 Å². The van der Waals surface area contributed by atoms with Gasteiger partial charge in [0.25, 0.3) is 0 Å². The number of rotatable bonds is 9. The first kappa shape index (κ1) is 20.2. The highest BCUT2D eigenvalue weighted by Gasteiger charge is 2.41. The molecule has 0 saturated carbocycles. The summed E-state index contributed by atoms with van der Waals surface area (Å²) < 4.78 is 16.2. The van der Waals surface area contributed by atoms with Crippen molar-refractivity contribution in [3.63, 3.8) is 0 Å². The Labute approximate surface area is 157 Å². The lowest BCUT2D eigenvalue weighted by Crippen LogP contribution is -2.46. The van der Waals surface area contributed by atoms with E-state index < -0.39 is 5.79 Å². The van der Waals surface area contributed by atoms with Crippen molar-refractivity contribution < 1.29 is 14.2 Å². The van der Waals surface area contributed by atoms with Crippen molar-refractivity contribution in [2.24, 2.45) is 17.1 Å². The van der Waals surface area contributed by atoms with Crippen molar-refractivity contribution >= 4 is 33.5 Å². The zero-order valence-corrected chi connectivity index (χ0v) is 17.1. The average Bonchev–Trinajstić information content (AvgIpc) is 3.16. The Balaban J connectivity index is 1.99. The summed E-state index contributed by atoms with van der Waals surface area (Å²) in [7, 11) is 8.70. The quantitative estimate of drug-likeness (QED) is 0.212. The molecule has 1 aromatic rings.